The van der Waals surface area contributed by atoms with Gasteiger partial charge >= 0.3 is 0 Å². The molecule has 0 bridgehead atoms. The number of nitrogens with one attached hydrogen (secondary N) is 1. The first kappa shape index (κ1) is 10.5. The molecule has 0 radical (unpaired) electrons. The molecule has 0 saturated heterocycles. The summed E-state index contributed by atoms with van der Waals surface area (Å²) in [5.41, 5.74) is 1.68. The molecule has 2 heterocycles. The highest BCUT2D eigenvalue weighted by Gasteiger charge is 2.08. The van der Waals surface area contributed by atoms with Crippen molar-refractivity contribution in [1.29, 1.82) is 0 Å². The third kappa shape index (κ3) is 2.00. The summed E-state index contributed by atoms with van der Waals surface area (Å²) in [6.07, 6.45) is 6.11. The summed E-state index contributed by atoms with van der Waals surface area (Å²) in [5, 5.41) is 10.9. The Labute approximate surface area is 93.7 Å². The Morgan fingerprint density at radius 3 is 2.94 bits per heavy atom. The van der Waals surface area contributed by atoms with Gasteiger partial charge in [-0.2, -0.15) is 0 Å². The van der Waals surface area contributed by atoms with Crippen molar-refractivity contribution in [2.24, 2.45) is 0 Å². The first-order valence-electron chi connectivity index (χ1n) is 5.23. The second-order valence-corrected chi connectivity index (χ2v) is 3.38. The van der Waals surface area contributed by atoms with Gasteiger partial charge in [-0.25, -0.2) is 9.67 Å². The van der Waals surface area contributed by atoms with Crippen molar-refractivity contribution >= 4 is 5.82 Å². The van der Waals surface area contributed by atoms with Gasteiger partial charge in [0.1, 0.15) is 17.2 Å². The van der Waals surface area contributed by atoms with Crippen LogP contribution < -0.4 is 5.32 Å². The van der Waals surface area contributed by atoms with Crippen LogP contribution in [0.1, 0.15) is 13.3 Å². The zero-order valence-electron chi connectivity index (χ0n) is 9.38. The van der Waals surface area contributed by atoms with E-state index in [9.17, 15) is 0 Å². The number of rotatable bonds is 4. The monoisotopic (exact) mass is 218 g/mol. The molecular formula is C10H14N6. The van der Waals surface area contributed by atoms with Crippen molar-refractivity contribution in [2.45, 2.75) is 19.9 Å². The third-order valence-electron chi connectivity index (χ3n) is 2.21. The number of hydrogen-bond donors (Lipinski definition) is 1. The second kappa shape index (κ2) is 4.69. The predicted octanol–water partition coefficient (Wildman–Crippen LogP) is 1.19. The van der Waals surface area contributed by atoms with Crippen LogP contribution in [0.15, 0.2) is 18.6 Å². The number of aryl methyl sites for hydroxylation is 1. The minimum absolute atomic E-state index is 0.738. The molecule has 0 aliphatic heterocycles. The van der Waals surface area contributed by atoms with E-state index in [1.165, 1.54) is 0 Å². The second-order valence-electron chi connectivity index (χ2n) is 3.38. The van der Waals surface area contributed by atoms with Crippen molar-refractivity contribution in [3.05, 3.63) is 18.6 Å². The Hall–Kier alpha value is -1.98. The van der Waals surface area contributed by atoms with E-state index in [4.69, 9.17) is 0 Å². The molecule has 2 aromatic heterocycles. The Balaban J connectivity index is 2.37. The van der Waals surface area contributed by atoms with Crippen LogP contribution in [0.3, 0.4) is 0 Å². The van der Waals surface area contributed by atoms with Crippen LogP contribution in [0.4, 0.5) is 5.82 Å². The van der Waals surface area contributed by atoms with Crippen molar-refractivity contribution in [2.75, 3.05) is 12.4 Å². The fraction of sp³-hybridized carbons (Fsp3) is 0.400. The first-order chi connectivity index (χ1) is 7.85. The molecule has 0 spiro atoms. The maximum absolute atomic E-state index is 4.40. The predicted molar refractivity (Wildman–Crippen MR) is 60.9 cm³/mol. The molecule has 6 nitrogen and oxygen atoms in total. The van der Waals surface area contributed by atoms with Crippen LogP contribution in [0.25, 0.3) is 11.4 Å². The zero-order chi connectivity index (χ0) is 11.4. The molecule has 0 saturated carbocycles. The third-order valence-corrected chi connectivity index (χ3v) is 2.21. The zero-order valence-corrected chi connectivity index (χ0v) is 9.38. The summed E-state index contributed by atoms with van der Waals surface area (Å²) >= 11 is 0. The number of aromatic nitrogens is 5. The molecular weight excluding hydrogens is 204 g/mol. The molecule has 0 atom stereocenters. The summed E-state index contributed by atoms with van der Waals surface area (Å²) in [7, 11) is 1.81. The SMILES string of the molecule is CCCn1nncc1-c1cncc(NC)n1. The summed E-state index contributed by atoms with van der Waals surface area (Å²) in [5.74, 6) is 0.738. The lowest BCUT2D eigenvalue weighted by molar-refractivity contribution is 0.583. The molecule has 6 heteroatoms. The highest BCUT2D eigenvalue weighted by atomic mass is 15.4. The summed E-state index contributed by atoms with van der Waals surface area (Å²) in [6.45, 7) is 2.93. The normalized spacial score (nSPS) is 10.4. The molecule has 84 valence electrons. The van der Waals surface area contributed by atoms with Gasteiger partial charge in [0.2, 0.25) is 0 Å². The molecule has 0 aromatic carbocycles. The van der Waals surface area contributed by atoms with Crippen LogP contribution >= 0.6 is 0 Å². The average molecular weight is 218 g/mol. The highest BCUT2D eigenvalue weighted by Crippen LogP contribution is 2.16. The van der Waals surface area contributed by atoms with E-state index in [2.05, 4.69) is 32.5 Å². The van der Waals surface area contributed by atoms with Gasteiger partial charge in [0.05, 0.1) is 18.6 Å². The quantitative estimate of drug-likeness (QED) is 0.834. The summed E-state index contributed by atoms with van der Waals surface area (Å²) in [6, 6.07) is 0. The molecule has 0 unspecified atom stereocenters. The van der Waals surface area contributed by atoms with Crippen LogP contribution in [-0.4, -0.2) is 32.0 Å². The molecule has 0 fully saturated rings. The van der Waals surface area contributed by atoms with E-state index < -0.39 is 0 Å². The standard InChI is InChI=1S/C10H14N6/c1-3-4-16-9(6-13-15-16)8-5-12-7-10(11-2)14-8/h5-7H,3-4H2,1-2H3,(H,11,14). The van der Waals surface area contributed by atoms with Gasteiger partial charge in [0.25, 0.3) is 0 Å². The largest absolute Gasteiger partial charge is 0.372 e. The highest BCUT2D eigenvalue weighted by molar-refractivity contribution is 5.54. The van der Waals surface area contributed by atoms with Gasteiger partial charge in [-0.3, -0.25) is 4.98 Å². The Bertz CT molecular complexity index is 464. The fourth-order valence-corrected chi connectivity index (χ4v) is 1.44. The molecule has 0 aliphatic carbocycles. The van der Waals surface area contributed by atoms with E-state index in [-0.39, 0.29) is 0 Å². The number of hydrogen-bond acceptors (Lipinski definition) is 5. The molecule has 0 amide bonds. The summed E-state index contributed by atoms with van der Waals surface area (Å²) in [4.78, 5) is 8.52. The van der Waals surface area contributed by atoms with Gasteiger partial charge in [-0.05, 0) is 6.42 Å². The van der Waals surface area contributed by atoms with Gasteiger partial charge in [0.15, 0.2) is 0 Å². The van der Waals surface area contributed by atoms with E-state index in [1.54, 1.807) is 18.6 Å². The molecule has 1 N–H and O–H groups in total. The first-order valence-corrected chi connectivity index (χ1v) is 5.23. The lowest BCUT2D eigenvalue weighted by Crippen LogP contribution is -2.03. The van der Waals surface area contributed by atoms with Gasteiger partial charge in [0, 0.05) is 13.6 Å². The van der Waals surface area contributed by atoms with E-state index in [0.717, 1.165) is 30.2 Å². The number of anilines is 1. The molecule has 2 rings (SSSR count). The lowest BCUT2D eigenvalue weighted by Gasteiger charge is -2.05. The molecule has 2 aromatic rings. The summed E-state index contributed by atoms with van der Waals surface area (Å²) < 4.78 is 1.84. The van der Waals surface area contributed by atoms with Gasteiger partial charge < -0.3 is 5.32 Å². The van der Waals surface area contributed by atoms with Crippen molar-refractivity contribution in [1.82, 2.24) is 25.0 Å². The smallest absolute Gasteiger partial charge is 0.145 e. The van der Waals surface area contributed by atoms with Gasteiger partial charge in [-0.15, -0.1) is 5.10 Å². The maximum Gasteiger partial charge on any atom is 0.145 e. The minimum Gasteiger partial charge on any atom is -0.372 e. The van der Waals surface area contributed by atoms with Crippen LogP contribution in [-0.2, 0) is 6.54 Å². The van der Waals surface area contributed by atoms with Crippen LogP contribution in [0.5, 0.6) is 0 Å². The Morgan fingerprint density at radius 2 is 2.19 bits per heavy atom. The van der Waals surface area contributed by atoms with Crippen molar-refractivity contribution < 1.29 is 0 Å². The number of nitrogens with zero attached hydrogens (tertiary/aromatic N) is 5. The van der Waals surface area contributed by atoms with Crippen LogP contribution in [0.2, 0.25) is 0 Å². The van der Waals surface area contributed by atoms with E-state index >= 15 is 0 Å². The fourth-order valence-electron chi connectivity index (χ4n) is 1.44. The minimum atomic E-state index is 0.738. The molecule has 16 heavy (non-hydrogen) atoms. The van der Waals surface area contributed by atoms with Gasteiger partial charge in [-0.1, -0.05) is 12.1 Å². The maximum atomic E-state index is 4.40. The van der Waals surface area contributed by atoms with Crippen molar-refractivity contribution in [3.63, 3.8) is 0 Å². The molecule has 0 aliphatic rings. The topological polar surface area (TPSA) is 68.5 Å². The Kier molecular flexibility index (Phi) is 3.09. The van der Waals surface area contributed by atoms with E-state index in [0.29, 0.717) is 0 Å². The van der Waals surface area contributed by atoms with Crippen LogP contribution in [0, 0.1) is 0 Å². The average Bonchev–Trinajstić information content (AvgIpc) is 2.78. The lowest BCUT2D eigenvalue weighted by atomic mass is 10.3. The van der Waals surface area contributed by atoms with Crippen molar-refractivity contribution in [3.8, 4) is 11.4 Å². The Morgan fingerprint density at radius 1 is 1.31 bits per heavy atom. The van der Waals surface area contributed by atoms with E-state index in [1.807, 2.05) is 11.7 Å².